The molecule has 4 heteroatoms. The van der Waals surface area contributed by atoms with Gasteiger partial charge >= 0.3 is 0 Å². The van der Waals surface area contributed by atoms with E-state index in [-0.39, 0.29) is 0 Å². The van der Waals surface area contributed by atoms with Crippen molar-refractivity contribution in [1.29, 1.82) is 0 Å². The summed E-state index contributed by atoms with van der Waals surface area (Å²) >= 11 is 6.21. The Balaban J connectivity index is 1.94. The molecule has 0 bridgehead atoms. The van der Waals surface area contributed by atoms with Crippen LogP contribution >= 0.6 is 11.6 Å². The third-order valence-electron chi connectivity index (χ3n) is 3.50. The molecule has 0 atom stereocenters. The van der Waals surface area contributed by atoms with Gasteiger partial charge in [-0.25, -0.2) is 0 Å². The molecular formula is C16H16ClN3. The van der Waals surface area contributed by atoms with Crippen molar-refractivity contribution in [2.75, 3.05) is 5.43 Å². The average molecular weight is 286 g/mol. The fraction of sp³-hybridized carbons (Fsp3) is 0.188. The Hall–Kier alpha value is -2.00. The molecule has 0 unspecified atom stereocenters. The Labute approximate surface area is 123 Å². The largest absolute Gasteiger partial charge is 0.321 e. The minimum atomic E-state index is 0.709. The van der Waals surface area contributed by atoms with Crippen LogP contribution in [0.5, 0.6) is 0 Å². The lowest BCUT2D eigenvalue weighted by Gasteiger charge is -2.14. The monoisotopic (exact) mass is 285 g/mol. The number of hydrogen-bond acceptors (Lipinski definition) is 2. The Kier molecular flexibility index (Phi) is 3.36. The van der Waals surface area contributed by atoms with Gasteiger partial charge in [-0.05, 0) is 49.7 Å². The molecule has 1 N–H and O–H groups in total. The summed E-state index contributed by atoms with van der Waals surface area (Å²) in [5.41, 5.74) is 7.89. The van der Waals surface area contributed by atoms with Gasteiger partial charge in [0, 0.05) is 28.0 Å². The van der Waals surface area contributed by atoms with E-state index < -0.39 is 0 Å². The zero-order chi connectivity index (χ0) is 14.1. The van der Waals surface area contributed by atoms with E-state index in [1.807, 2.05) is 24.3 Å². The van der Waals surface area contributed by atoms with Crippen molar-refractivity contribution in [3.8, 4) is 0 Å². The van der Waals surface area contributed by atoms with Crippen molar-refractivity contribution in [3.05, 3.63) is 64.6 Å². The van der Waals surface area contributed by atoms with Crippen LogP contribution in [0.4, 0.5) is 0 Å². The Morgan fingerprint density at radius 3 is 2.60 bits per heavy atom. The summed E-state index contributed by atoms with van der Waals surface area (Å²) in [5, 5.41) is 1.74. The summed E-state index contributed by atoms with van der Waals surface area (Å²) in [7, 11) is 0. The number of aryl methyl sites for hydroxylation is 2. The second-order valence-corrected chi connectivity index (χ2v) is 5.30. The SMILES string of the molecule is Cc1ccc(C)n1NCc1ccc(Cl)c2cccnc12. The highest BCUT2D eigenvalue weighted by Gasteiger charge is 2.06. The second-order valence-electron chi connectivity index (χ2n) is 4.89. The smallest absolute Gasteiger partial charge is 0.0767 e. The van der Waals surface area contributed by atoms with Gasteiger partial charge in [0.05, 0.1) is 12.1 Å². The maximum absolute atomic E-state index is 6.21. The van der Waals surface area contributed by atoms with Crippen molar-refractivity contribution in [1.82, 2.24) is 9.66 Å². The molecule has 0 saturated carbocycles. The molecule has 3 rings (SSSR count). The summed E-state index contributed by atoms with van der Waals surface area (Å²) in [6.45, 7) is 4.87. The molecule has 0 spiro atoms. The summed E-state index contributed by atoms with van der Waals surface area (Å²) in [6.07, 6.45) is 1.80. The van der Waals surface area contributed by atoms with E-state index in [0.717, 1.165) is 21.5 Å². The molecule has 0 radical (unpaired) electrons. The normalized spacial score (nSPS) is 10.9. The van der Waals surface area contributed by atoms with Crippen molar-refractivity contribution < 1.29 is 0 Å². The van der Waals surface area contributed by atoms with Gasteiger partial charge in [0.15, 0.2) is 0 Å². The number of halogens is 1. The van der Waals surface area contributed by atoms with E-state index in [1.54, 1.807) is 6.20 Å². The van der Waals surface area contributed by atoms with Gasteiger partial charge in [-0.15, -0.1) is 0 Å². The number of pyridine rings is 1. The number of nitrogens with zero attached hydrogens (tertiary/aromatic N) is 2. The van der Waals surface area contributed by atoms with E-state index in [9.17, 15) is 0 Å². The first kappa shape index (κ1) is 13.0. The zero-order valence-corrected chi connectivity index (χ0v) is 12.3. The molecule has 1 aromatic carbocycles. The predicted molar refractivity (Wildman–Crippen MR) is 83.7 cm³/mol. The number of aromatic nitrogens is 2. The minimum absolute atomic E-state index is 0.709. The number of benzene rings is 1. The third-order valence-corrected chi connectivity index (χ3v) is 3.83. The first-order chi connectivity index (χ1) is 9.66. The van der Waals surface area contributed by atoms with Gasteiger partial charge < -0.3 is 5.43 Å². The molecule has 3 aromatic rings. The fourth-order valence-corrected chi connectivity index (χ4v) is 2.64. The summed E-state index contributed by atoms with van der Waals surface area (Å²) in [4.78, 5) is 4.45. The summed E-state index contributed by atoms with van der Waals surface area (Å²) in [6, 6.07) is 12.1. The van der Waals surface area contributed by atoms with Crippen LogP contribution in [0.15, 0.2) is 42.6 Å². The van der Waals surface area contributed by atoms with Crippen molar-refractivity contribution >= 4 is 22.5 Å². The first-order valence-electron chi connectivity index (χ1n) is 6.58. The molecule has 0 amide bonds. The Morgan fingerprint density at radius 2 is 1.85 bits per heavy atom. The Morgan fingerprint density at radius 1 is 1.10 bits per heavy atom. The van der Waals surface area contributed by atoms with Crippen molar-refractivity contribution in [2.45, 2.75) is 20.4 Å². The lowest BCUT2D eigenvalue weighted by atomic mass is 10.1. The number of hydrogen-bond donors (Lipinski definition) is 1. The van der Waals surface area contributed by atoms with Crippen LogP contribution in [0.25, 0.3) is 10.9 Å². The van der Waals surface area contributed by atoms with E-state index in [4.69, 9.17) is 11.6 Å². The van der Waals surface area contributed by atoms with Crippen LogP contribution < -0.4 is 5.43 Å². The molecule has 20 heavy (non-hydrogen) atoms. The van der Waals surface area contributed by atoms with Gasteiger partial charge in [0.2, 0.25) is 0 Å². The number of nitrogens with one attached hydrogen (secondary N) is 1. The molecule has 0 aliphatic heterocycles. The van der Waals surface area contributed by atoms with Crippen LogP contribution in [0, 0.1) is 13.8 Å². The maximum Gasteiger partial charge on any atom is 0.0767 e. The molecule has 0 saturated heterocycles. The minimum Gasteiger partial charge on any atom is -0.321 e. The van der Waals surface area contributed by atoms with Gasteiger partial charge in [-0.2, -0.15) is 0 Å². The lowest BCUT2D eigenvalue weighted by Crippen LogP contribution is -2.17. The van der Waals surface area contributed by atoms with Crippen LogP contribution in [-0.2, 0) is 6.54 Å². The van der Waals surface area contributed by atoms with Crippen LogP contribution in [-0.4, -0.2) is 9.66 Å². The first-order valence-corrected chi connectivity index (χ1v) is 6.95. The molecule has 0 aliphatic rings. The van der Waals surface area contributed by atoms with Crippen molar-refractivity contribution in [2.24, 2.45) is 0 Å². The molecule has 102 valence electrons. The van der Waals surface area contributed by atoms with Gasteiger partial charge in [0.1, 0.15) is 0 Å². The van der Waals surface area contributed by atoms with Crippen molar-refractivity contribution in [3.63, 3.8) is 0 Å². The highest BCUT2D eigenvalue weighted by molar-refractivity contribution is 6.35. The molecule has 2 heterocycles. The molecule has 3 nitrogen and oxygen atoms in total. The average Bonchev–Trinajstić information content (AvgIpc) is 2.78. The Bertz CT molecular complexity index is 742. The van der Waals surface area contributed by atoms with Crippen LogP contribution in [0.2, 0.25) is 5.02 Å². The lowest BCUT2D eigenvalue weighted by molar-refractivity contribution is 0.794. The molecule has 0 aliphatic carbocycles. The summed E-state index contributed by atoms with van der Waals surface area (Å²) < 4.78 is 2.09. The van der Waals surface area contributed by atoms with E-state index in [1.165, 1.54) is 11.4 Å². The highest BCUT2D eigenvalue weighted by atomic mass is 35.5. The topological polar surface area (TPSA) is 29.9 Å². The van der Waals surface area contributed by atoms with Crippen LogP contribution in [0.3, 0.4) is 0 Å². The summed E-state index contributed by atoms with van der Waals surface area (Å²) in [5.74, 6) is 0. The maximum atomic E-state index is 6.21. The van der Waals surface area contributed by atoms with E-state index in [0.29, 0.717) is 6.54 Å². The molecule has 2 aromatic heterocycles. The number of fused-ring (bicyclic) bond motifs is 1. The van der Waals surface area contributed by atoms with Gasteiger partial charge in [-0.1, -0.05) is 17.7 Å². The standard InChI is InChI=1S/C16H16ClN3/c1-11-5-6-12(2)20(11)19-10-13-7-8-15(17)14-4-3-9-18-16(13)14/h3-9,19H,10H2,1-2H3. The predicted octanol–water partition coefficient (Wildman–Crippen LogP) is 4.05. The fourth-order valence-electron chi connectivity index (χ4n) is 2.42. The molecular weight excluding hydrogens is 270 g/mol. The second kappa shape index (κ2) is 5.17. The third kappa shape index (κ3) is 2.25. The highest BCUT2D eigenvalue weighted by Crippen LogP contribution is 2.24. The number of rotatable bonds is 3. The van der Waals surface area contributed by atoms with E-state index in [2.05, 4.69) is 41.1 Å². The van der Waals surface area contributed by atoms with Gasteiger partial charge in [0.25, 0.3) is 0 Å². The van der Waals surface area contributed by atoms with Gasteiger partial charge in [-0.3, -0.25) is 9.66 Å². The van der Waals surface area contributed by atoms with Crippen LogP contribution in [0.1, 0.15) is 17.0 Å². The molecule has 0 fully saturated rings. The van der Waals surface area contributed by atoms with E-state index >= 15 is 0 Å². The quantitative estimate of drug-likeness (QED) is 0.787. The zero-order valence-electron chi connectivity index (χ0n) is 11.5.